The minimum Gasteiger partial charge on any atom is -0.488 e. The van der Waals surface area contributed by atoms with Crippen molar-refractivity contribution in [3.05, 3.63) is 107 Å². The molecule has 1 atom stereocenters. The van der Waals surface area contributed by atoms with E-state index in [1.807, 2.05) is 18.2 Å². The topological polar surface area (TPSA) is 107 Å². The van der Waals surface area contributed by atoms with Crippen LogP contribution < -0.4 is 19.9 Å². The first-order valence-corrected chi connectivity index (χ1v) is 16.8. The van der Waals surface area contributed by atoms with Gasteiger partial charge in [-0.25, -0.2) is 9.37 Å². The molecule has 2 saturated heterocycles. The SMILES string of the molecule is CC(O)CN1CCC(Oc2ccccc2N(C(=O)c2ccc(N3CCOCC3)cc2)c2ccc(F)cc2C(=O)Nc2ccc(Cl)cn2)CC1. The number of aliphatic hydroxyl groups excluding tert-OH is 1. The van der Waals surface area contributed by atoms with Crippen LogP contribution in [0.1, 0.15) is 40.5 Å². The first-order valence-electron chi connectivity index (χ1n) is 16.4. The number of carbonyl (C=O) groups is 2. The Bertz CT molecular complexity index is 1740. The summed E-state index contributed by atoms with van der Waals surface area (Å²) >= 11 is 5.98. The molecule has 2 amide bonds. The number of nitrogens with one attached hydrogen (secondary N) is 1. The fraction of sp³-hybridized carbons (Fsp3) is 0.324. The van der Waals surface area contributed by atoms with Gasteiger partial charge >= 0.3 is 0 Å². The lowest BCUT2D eigenvalue weighted by atomic mass is 10.1. The molecule has 1 aromatic heterocycles. The standard InChI is InChI=1S/C37H39ClFN5O5/c1-25(45)24-42-16-14-30(15-17-42)49-34-5-3-2-4-33(34)44(37(47)26-6-10-29(11-7-26)43-18-20-48-21-19-43)32-12-9-28(39)22-31(32)36(46)41-35-13-8-27(38)23-40-35/h2-13,22-23,25,30,45H,14-21,24H2,1H3,(H,40,41,46). The quantitative estimate of drug-likeness (QED) is 0.204. The second-order valence-electron chi connectivity index (χ2n) is 12.2. The van der Waals surface area contributed by atoms with Gasteiger partial charge in [-0.3, -0.25) is 14.5 Å². The van der Waals surface area contributed by atoms with Gasteiger partial charge in [-0.15, -0.1) is 0 Å². The van der Waals surface area contributed by atoms with Gasteiger partial charge < -0.3 is 29.7 Å². The van der Waals surface area contributed by atoms with E-state index in [0.29, 0.717) is 41.8 Å². The number of anilines is 4. The molecule has 3 aromatic carbocycles. The second kappa shape index (κ2) is 15.8. The van der Waals surface area contributed by atoms with Crippen LogP contribution in [0, 0.1) is 5.82 Å². The summed E-state index contributed by atoms with van der Waals surface area (Å²) in [6.07, 6.45) is 2.30. The predicted molar refractivity (Wildman–Crippen MR) is 188 cm³/mol. The van der Waals surface area contributed by atoms with E-state index in [1.54, 1.807) is 43.3 Å². The van der Waals surface area contributed by atoms with Crippen LogP contribution in [0.3, 0.4) is 0 Å². The number of para-hydroxylation sites is 2. The Labute approximate surface area is 290 Å². The Hall–Kier alpha value is -4.55. The number of piperidine rings is 1. The Morgan fingerprint density at radius 1 is 1.02 bits per heavy atom. The first kappa shape index (κ1) is 34.3. The minimum absolute atomic E-state index is 0.0729. The number of amides is 2. The van der Waals surface area contributed by atoms with Gasteiger partial charge in [0.1, 0.15) is 23.5 Å². The summed E-state index contributed by atoms with van der Waals surface area (Å²) in [6, 6.07) is 21.3. The first-order chi connectivity index (χ1) is 23.7. The average molecular weight is 688 g/mol. The number of nitrogens with zero attached hydrogens (tertiary/aromatic N) is 4. The van der Waals surface area contributed by atoms with Gasteiger partial charge in [-0.05, 0) is 86.5 Å². The summed E-state index contributed by atoms with van der Waals surface area (Å²) in [6.45, 7) is 6.65. The summed E-state index contributed by atoms with van der Waals surface area (Å²) in [4.78, 5) is 38.3. The zero-order valence-electron chi connectivity index (χ0n) is 27.2. The molecule has 2 fully saturated rings. The van der Waals surface area contributed by atoms with E-state index in [4.69, 9.17) is 21.1 Å². The molecule has 2 aliphatic heterocycles. The molecule has 2 N–H and O–H groups in total. The number of halogens is 2. The van der Waals surface area contributed by atoms with Crippen molar-refractivity contribution in [3.63, 3.8) is 0 Å². The number of benzene rings is 3. The molecule has 256 valence electrons. The van der Waals surface area contributed by atoms with Gasteiger partial charge in [0.05, 0.1) is 41.3 Å². The lowest BCUT2D eigenvalue weighted by Crippen LogP contribution is -2.41. The zero-order chi connectivity index (χ0) is 34.3. The van der Waals surface area contributed by atoms with E-state index < -0.39 is 23.7 Å². The van der Waals surface area contributed by atoms with Crippen LogP contribution in [0.15, 0.2) is 85.1 Å². The van der Waals surface area contributed by atoms with Crippen molar-refractivity contribution in [2.45, 2.75) is 32.0 Å². The third kappa shape index (κ3) is 8.55. The van der Waals surface area contributed by atoms with Crippen molar-refractivity contribution in [1.82, 2.24) is 9.88 Å². The van der Waals surface area contributed by atoms with Crippen LogP contribution >= 0.6 is 11.6 Å². The molecule has 0 bridgehead atoms. The smallest absolute Gasteiger partial charge is 0.262 e. The predicted octanol–water partition coefficient (Wildman–Crippen LogP) is 6.17. The summed E-state index contributed by atoms with van der Waals surface area (Å²) in [5.41, 5.74) is 1.83. The highest BCUT2D eigenvalue weighted by Gasteiger charge is 2.30. The molecule has 0 saturated carbocycles. The molecule has 0 spiro atoms. The maximum Gasteiger partial charge on any atom is 0.262 e. The third-order valence-electron chi connectivity index (χ3n) is 8.56. The van der Waals surface area contributed by atoms with E-state index >= 15 is 0 Å². The van der Waals surface area contributed by atoms with Crippen LogP contribution in [-0.2, 0) is 4.74 Å². The van der Waals surface area contributed by atoms with Crippen molar-refractivity contribution in [2.75, 3.05) is 61.1 Å². The lowest BCUT2D eigenvalue weighted by molar-refractivity contribution is 0.0674. The molecule has 49 heavy (non-hydrogen) atoms. The van der Waals surface area contributed by atoms with Gasteiger partial charge in [0.25, 0.3) is 11.8 Å². The Balaban J connectivity index is 1.37. The van der Waals surface area contributed by atoms with Crippen LogP contribution in [0.2, 0.25) is 5.02 Å². The number of aliphatic hydroxyl groups is 1. The zero-order valence-corrected chi connectivity index (χ0v) is 28.0. The summed E-state index contributed by atoms with van der Waals surface area (Å²) in [5, 5.41) is 12.9. The van der Waals surface area contributed by atoms with Crippen molar-refractivity contribution in [1.29, 1.82) is 0 Å². The fourth-order valence-electron chi connectivity index (χ4n) is 6.14. The number of β-amino-alcohol motifs (C(OH)–C–C–N with tert-alkyl or cyclic N) is 1. The number of rotatable bonds is 10. The van der Waals surface area contributed by atoms with Crippen molar-refractivity contribution in [2.24, 2.45) is 0 Å². The minimum atomic E-state index is -0.659. The summed E-state index contributed by atoms with van der Waals surface area (Å²) in [7, 11) is 0. The molecule has 4 aromatic rings. The normalized spacial score (nSPS) is 16.2. The van der Waals surface area contributed by atoms with Crippen LogP contribution in [0.5, 0.6) is 5.75 Å². The monoisotopic (exact) mass is 687 g/mol. The lowest BCUT2D eigenvalue weighted by Gasteiger charge is -2.34. The van der Waals surface area contributed by atoms with Crippen molar-refractivity contribution >= 4 is 46.3 Å². The number of carbonyl (C=O) groups excluding carboxylic acids is 2. The molecule has 2 aliphatic rings. The number of hydrogen-bond acceptors (Lipinski definition) is 8. The van der Waals surface area contributed by atoms with E-state index in [9.17, 15) is 19.1 Å². The Kier molecular flexibility index (Phi) is 11.0. The van der Waals surface area contributed by atoms with E-state index in [0.717, 1.165) is 50.8 Å². The Morgan fingerprint density at radius 2 is 1.76 bits per heavy atom. The highest BCUT2D eigenvalue weighted by molar-refractivity contribution is 6.30. The van der Waals surface area contributed by atoms with E-state index in [1.165, 1.54) is 29.3 Å². The van der Waals surface area contributed by atoms with Crippen LogP contribution in [0.4, 0.5) is 27.3 Å². The highest BCUT2D eigenvalue weighted by Crippen LogP contribution is 2.39. The number of likely N-dealkylation sites (tertiary alicyclic amines) is 1. The van der Waals surface area contributed by atoms with Gasteiger partial charge in [-0.1, -0.05) is 23.7 Å². The molecule has 3 heterocycles. The molecule has 12 heteroatoms. The molecule has 6 rings (SSSR count). The highest BCUT2D eigenvalue weighted by atomic mass is 35.5. The second-order valence-corrected chi connectivity index (χ2v) is 12.6. The number of aromatic nitrogens is 1. The number of hydrogen-bond donors (Lipinski definition) is 2. The average Bonchev–Trinajstić information content (AvgIpc) is 3.11. The number of morpholine rings is 1. The summed E-state index contributed by atoms with van der Waals surface area (Å²) < 4.78 is 26.9. The van der Waals surface area contributed by atoms with Crippen molar-refractivity contribution in [3.8, 4) is 5.75 Å². The molecule has 0 radical (unpaired) electrons. The van der Waals surface area contributed by atoms with Crippen molar-refractivity contribution < 1.29 is 28.6 Å². The third-order valence-corrected chi connectivity index (χ3v) is 8.79. The number of ether oxygens (including phenoxy) is 2. The molecular weight excluding hydrogens is 649 g/mol. The molecule has 0 aliphatic carbocycles. The fourth-order valence-corrected chi connectivity index (χ4v) is 6.25. The maximum absolute atomic E-state index is 14.8. The molecular formula is C37H39ClFN5O5. The Morgan fingerprint density at radius 3 is 2.45 bits per heavy atom. The van der Waals surface area contributed by atoms with Crippen LogP contribution in [0.25, 0.3) is 0 Å². The van der Waals surface area contributed by atoms with E-state index in [-0.39, 0.29) is 23.2 Å². The van der Waals surface area contributed by atoms with Gasteiger partial charge in [0.2, 0.25) is 0 Å². The van der Waals surface area contributed by atoms with Gasteiger partial charge in [0.15, 0.2) is 0 Å². The van der Waals surface area contributed by atoms with Gasteiger partial charge in [-0.2, -0.15) is 0 Å². The van der Waals surface area contributed by atoms with Crippen LogP contribution in [-0.4, -0.2) is 85.0 Å². The maximum atomic E-state index is 14.8. The van der Waals surface area contributed by atoms with Gasteiger partial charge in [0, 0.05) is 50.2 Å². The summed E-state index contributed by atoms with van der Waals surface area (Å²) in [5.74, 6) is -1.07. The largest absolute Gasteiger partial charge is 0.488 e. The van der Waals surface area contributed by atoms with E-state index in [2.05, 4.69) is 20.1 Å². The molecule has 10 nitrogen and oxygen atoms in total. The molecule has 1 unspecified atom stereocenters. The number of pyridine rings is 1.